The summed E-state index contributed by atoms with van der Waals surface area (Å²) in [6, 6.07) is 17.2. The van der Waals surface area contributed by atoms with E-state index in [2.05, 4.69) is 86.7 Å². The van der Waals surface area contributed by atoms with Crippen LogP contribution in [0.5, 0.6) is 0 Å². The summed E-state index contributed by atoms with van der Waals surface area (Å²) in [4.78, 5) is 0. The van der Waals surface area contributed by atoms with Crippen molar-refractivity contribution in [2.24, 2.45) is 0 Å². The molecule has 168 valence electrons. The van der Waals surface area contributed by atoms with E-state index < -0.39 is 0 Å². The Morgan fingerprint density at radius 3 is 1.48 bits per heavy atom. The highest BCUT2D eigenvalue weighted by Crippen LogP contribution is 2.17. The maximum atomic E-state index is 6.14. The molecular formula is C30H42O. The number of hydrogen-bond donors (Lipinski definition) is 0. The van der Waals surface area contributed by atoms with E-state index in [1.54, 1.807) is 0 Å². The Balaban J connectivity index is 1.84. The monoisotopic (exact) mass is 418 g/mol. The molecule has 31 heavy (non-hydrogen) atoms. The van der Waals surface area contributed by atoms with Crippen LogP contribution in [0.1, 0.15) is 100 Å². The Morgan fingerprint density at radius 2 is 1.03 bits per heavy atom. The molecule has 0 aromatic heterocycles. The largest absolute Gasteiger partial charge is 0.372 e. The second-order valence-corrected chi connectivity index (χ2v) is 8.39. The minimum Gasteiger partial charge on any atom is -0.372 e. The van der Waals surface area contributed by atoms with E-state index in [0.717, 1.165) is 12.8 Å². The molecule has 0 aliphatic carbocycles. The van der Waals surface area contributed by atoms with Crippen molar-refractivity contribution in [3.63, 3.8) is 0 Å². The fourth-order valence-corrected chi connectivity index (χ4v) is 3.73. The molecule has 0 saturated heterocycles. The van der Waals surface area contributed by atoms with Crippen LogP contribution in [0.4, 0.5) is 0 Å². The number of allylic oxidation sites excluding steroid dienone is 2. The average molecular weight is 419 g/mol. The number of rotatable bonds is 16. The molecule has 0 spiro atoms. The molecule has 0 fully saturated rings. The molecule has 2 aromatic carbocycles. The first-order chi connectivity index (χ1) is 15.3. The van der Waals surface area contributed by atoms with E-state index >= 15 is 0 Å². The SMILES string of the molecule is CCCCCC/C=C/c1ccccc1COCc1ccccc1/C=C/CCCCCC. The van der Waals surface area contributed by atoms with Gasteiger partial charge in [-0.05, 0) is 47.9 Å². The fourth-order valence-electron chi connectivity index (χ4n) is 3.73. The van der Waals surface area contributed by atoms with Crippen molar-refractivity contribution < 1.29 is 4.74 Å². The summed E-state index contributed by atoms with van der Waals surface area (Å²) in [5, 5.41) is 0. The van der Waals surface area contributed by atoms with Gasteiger partial charge < -0.3 is 4.74 Å². The Bertz CT molecular complexity index is 706. The molecule has 0 unspecified atom stereocenters. The van der Waals surface area contributed by atoms with Crippen LogP contribution in [0.3, 0.4) is 0 Å². The standard InChI is InChI=1S/C30H42O/c1-3-5-7-9-11-13-19-27-21-15-17-23-29(27)25-31-26-30-24-18-16-22-28(30)20-14-12-10-8-6-4-2/h13-24H,3-12,25-26H2,1-2H3/b19-13+,20-14+. The van der Waals surface area contributed by atoms with Gasteiger partial charge in [0.25, 0.3) is 0 Å². The topological polar surface area (TPSA) is 9.23 Å². The van der Waals surface area contributed by atoms with Crippen molar-refractivity contribution in [3.05, 3.63) is 82.9 Å². The van der Waals surface area contributed by atoms with Gasteiger partial charge in [0.15, 0.2) is 0 Å². The lowest BCUT2D eigenvalue weighted by Gasteiger charge is -2.10. The van der Waals surface area contributed by atoms with E-state index in [0.29, 0.717) is 13.2 Å². The predicted octanol–water partition coefficient (Wildman–Crippen LogP) is 9.37. The molecule has 0 aliphatic rings. The van der Waals surface area contributed by atoms with Gasteiger partial charge >= 0.3 is 0 Å². The second kappa shape index (κ2) is 16.6. The van der Waals surface area contributed by atoms with Crippen LogP contribution >= 0.6 is 0 Å². The molecule has 0 amide bonds. The molecule has 2 rings (SSSR count). The van der Waals surface area contributed by atoms with Crippen molar-refractivity contribution in [2.75, 3.05) is 0 Å². The van der Waals surface area contributed by atoms with Gasteiger partial charge in [-0.1, -0.05) is 125 Å². The van der Waals surface area contributed by atoms with E-state index in [1.807, 2.05) is 0 Å². The zero-order valence-electron chi connectivity index (χ0n) is 19.8. The first-order valence-electron chi connectivity index (χ1n) is 12.4. The summed E-state index contributed by atoms with van der Waals surface area (Å²) >= 11 is 0. The number of unbranched alkanes of at least 4 members (excludes halogenated alkanes) is 8. The third-order valence-electron chi connectivity index (χ3n) is 5.67. The summed E-state index contributed by atoms with van der Waals surface area (Å²) < 4.78 is 6.14. The van der Waals surface area contributed by atoms with Crippen LogP contribution in [-0.2, 0) is 18.0 Å². The Morgan fingerprint density at radius 1 is 0.581 bits per heavy atom. The highest BCUT2D eigenvalue weighted by Gasteiger charge is 2.02. The minimum atomic E-state index is 0.644. The minimum absolute atomic E-state index is 0.644. The molecule has 0 radical (unpaired) electrons. The number of ether oxygens (including phenoxy) is 1. The van der Waals surface area contributed by atoms with Gasteiger partial charge in [-0.15, -0.1) is 0 Å². The molecule has 0 saturated carbocycles. The van der Waals surface area contributed by atoms with Crippen LogP contribution in [0.2, 0.25) is 0 Å². The summed E-state index contributed by atoms with van der Waals surface area (Å²) in [5.74, 6) is 0. The maximum absolute atomic E-state index is 6.14. The van der Waals surface area contributed by atoms with Crippen LogP contribution < -0.4 is 0 Å². The van der Waals surface area contributed by atoms with Gasteiger partial charge in [0.2, 0.25) is 0 Å². The van der Waals surface area contributed by atoms with E-state index in [9.17, 15) is 0 Å². The Hall–Kier alpha value is -2.12. The first kappa shape index (κ1) is 25.1. The number of hydrogen-bond acceptors (Lipinski definition) is 1. The Labute approximate surface area is 191 Å². The predicted molar refractivity (Wildman–Crippen MR) is 137 cm³/mol. The first-order valence-corrected chi connectivity index (χ1v) is 12.4. The van der Waals surface area contributed by atoms with Crippen molar-refractivity contribution in [2.45, 2.75) is 91.3 Å². The summed E-state index contributed by atoms with van der Waals surface area (Å²) in [5.41, 5.74) is 5.07. The van der Waals surface area contributed by atoms with Crippen molar-refractivity contribution in [3.8, 4) is 0 Å². The van der Waals surface area contributed by atoms with Crippen LogP contribution in [0.25, 0.3) is 12.2 Å². The molecule has 0 aliphatic heterocycles. The molecule has 0 bridgehead atoms. The molecule has 1 nitrogen and oxygen atoms in total. The van der Waals surface area contributed by atoms with Gasteiger partial charge in [0.05, 0.1) is 13.2 Å². The number of benzene rings is 2. The van der Waals surface area contributed by atoms with E-state index in [-0.39, 0.29) is 0 Å². The summed E-state index contributed by atoms with van der Waals surface area (Å²) in [6.07, 6.45) is 22.0. The van der Waals surface area contributed by atoms with E-state index in [4.69, 9.17) is 4.74 Å². The Kier molecular flexibility index (Phi) is 13.4. The summed E-state index contributed by atoms with van der Waals surface area (Å²) in [7, 11) is 0. The van der Waals surface area contributed by atoms with Crippen molar-refractivity contribution in [1.82, 2.24) is 0 Å². The highest BCUT2D eigenvalue weighted by molar-refractivity contribution is 5.54. The van der Waals surface area contributed by atoms with Gasteiger partial charge in [0.1, 0.15) is 0 Å². The molecule has 0 atom stereocenters. The van der Waals surface area contributed by atoms with Gasteiger partial charge in [0, 0.05) is 0 Å². The van der Waals surface area contributed by atoms with Crippen molar-refractivity contribution in [1.29, 1.82) is 0 Å². The second-order valence-electron chi connectivity index (χ2n) is 8.39. The van der Waals surface area contributed by atoms with Crippen molar-refractivity contribution >= 4 is 12.2 Å². The average Bonchev–Trinajstić information content (AvgIpc) is 2.80. The summed E-state index contributed by atoms with van der Waals surface area (Å²) in [6.45, 7) is 5.81. The lowest BCUT2D eigenvalue weighted by molar-refractivity contribution is 0.107. The van der Waals surface area contributed by atoms with Crippen LogP contribution in [0, 0.1) is 0 Å². The van der Waals surface area contributed by atoms with Gasteiger partial charge in [-0.25, -0.2) is 0 Å². The zero-order chi connectivity index (χ0) is 22.0. The lowest BCUT2D eigenvalue weighted by Crippen LogP contribution is -1.98. The molecule has 1 heteroatoms. The smallest absolute Gasteiger partial charge is 0.0727 e. The van der Waals surface area contributed by atoms with Crippen LogP contribution in [-0.4, -0.2) is 0 Å². The molecule has 0 N–H and O–H groups in total. The fraction of sp³-hybridized carbons (Fsp3) is 0.467. The molecule has 2 aromatic rings. The van der Waals surface area contributed by atoms with E-state index in [1.165, 1.54) is 73.6 Å². The maximum Gasteiger partial charge on any atom is 0.0727 e. The van der Waals surface area contributed by atoms with Crippen LogP contribution in [0.15, 0.2) is 60.7 Å². The third-order valence-corrected chi connectivity index (χ3v) is 5.67. The van der Waals surface area contributed by atoms with Gasteiger partial charge in [-0.2, -0.15) is 0 Å². The quantitative estimate of drug-likeness (QED) is 0.247. The zero-order valence-corrected chi connectivity index (χ0v) is 19.8. The highest BCUT2D eigenvalue weighted by atomic mass is 16.5. The molecular weight excluding hydrogens is 376 g/mol. The van der Waals surface area contributed by atoms with Gasteiger partial charge in [-0.3, -0.25) is 0 Å². The third kappa shape index (κ3) is 10.6. The molecule has 0 heterocycles. The lowest BCUT2D eigenvalue weighted by atomic mass is 10.1. The normalized spacial score (nSPS) is 11.7.